The maximum Gasteiger partial charge on any atom is 0.324 e. The number of rotatable bonds is 4. The Bertz CT molecular complexity index is 612. The number of hydrogen-bond donors (Lipinski definition) is 2. The summed E-state index contributed by atoms with van der Waals surface area (Å²) in [5.41, 5.74) is -1.43. The molecule has 1 fully saturated rings. The number of carboxylic acid groups (broad SMARTS) is 1. The molecule has 8 heteroatoms. The zero-order valence-electron chi connectivity index (χ0n) is 8.98. The van der Waals surface area contributed by atoms with Crippen molar-refractivity contribution in [3.05, 3.63) is 28.5 Å². The van der Waals surface area contributed by atoms with E-state index in [0.29, 0.717) is 0 Å². The van der Waals surface area contributed by atoms with E-state index in [-0.39, 0.29) is 22.2 Å². The third-order valence-corrected chi connectivity index (χ3v) is 4.87. The van der Waals surface area contributed by atoms with E-state index < -0.39 is 27.3 Å². The second-order valence-electron chi connectivity index (χ2n) is 4.07. The molecule has 1 aromatic rings. The highest BCUT2D eigenvalue weighted by molar-refractivity contribution is 9.10. The van der Waals surface area contributed by atoms with Gasteiger partial charge in [0.15, 0.2) is 0 Å². The molecule has 2 rings (SSSR count). The molecule has 0 amide bonds. The van der Waals surface area contributed by atoms with Gasteiger partial charge in [0.1, 0.15) is 11.4 Å². The largest absolute Gasteiger partial charge is 0.480 e. The first-order valence-electron chi connectivity index (χ1n) is 4.99. The Balaban J connectivity index is 2.32. The number of nitrogens with one attached hydrogen (secondary N) is 1. The van der Waals surface area contributed by atoms with Gasteiger partial charge in [-0.3, -0.25) is 4.79 Å². The van der Waals surface area contributed by atoms with E-state index in [1.807, 2.05) is 0 Å². The van der Waals surface area contributed by atoms with Gasteiger partial charge in [0.2, 0.25) is 10.0 Å². The number of aliphatic carboxylic acids is 1. The monoisotopic (exact) mass is 337 g/mol. The summed E-state index contributed by atoms with van der Waals surface area (Å²) in [5.74, 6) is -1.94. The van der Waals surface area contributed by atoms with Crippen LogP contribution < -0.4 is 4.72 Å². The van der Waals surface area contributed by atoms with Gasteiger partial charge < -0.3 is 5.11 Å². The van der Waals surface area contributed by atoms with Crippen LogP contribution in [-0.4, -0.2) is 25.0 Å². The molecule has 0 aromatic heterocycles. The molecule has 1 aliphatic carbocycles. The normalized spacial score (nSPS) is 17.4. The van der Waals surface area contributed by atoms with Gasteiger partial charge in [-0.25, -0.2) is 12.8 Å². The van der Waals surface area contributed by atoms with Crippen LogP contribution in [0.2, 0.25) is 0 Å². The molecule has 1 saturated carbocycles. The average Bonchev–Trinajstić information content (AvgIpc) is 3.02. The van der Waals surface area contributed by atoms with E-state index in [9.17, 15) is 17.6 Å². The van der Waals surface area contributed by atoms with Gasteiger partial charge >= 0.3 is 5.97 Å². The van der Waals surface area contributed by atoms with Crippen molar-refractivity contribution in [2.75, 3.05) is 0 Å². The first-order valence-corrected chi connectivity index (χ1v) is 7.27. The van der Waals surface area contributed by atoms with Gasteiger partial charge in [0.05, 0.1) is 9.37 Å². The topological polar surface area (TPSA) is 83.5 Å². The smallest absolute Gasteiger partial charge is 0.324 e. The molecule has 0 radical (unpaired) electrons. The van der Waals surface area contributed by atoms with Gasteiger partial charge in [-0.1, -0.05) is 0 Å². The Morgan fingerprint density at radius 3 is 2.50 bits per heavy atom. The summed E-state index contributed by atoms with van der Waals surface area (Å²) >= 11 is 2.91. The van der Waals surface area contributed by atoms with Gasteiger partial charge in [0, 0.05) is 0 Å². The summed E-state index contributed by atoms with van der Waals surface area (Å²) in [6, 6.07) is 3.29. The highest BCUT2D eigenvalue weighted by Gasteiger charge is 2.53. The molecule has 98 valence electrons. The van der Waals surface area contributed by atoms with Gasteiger partial charge in [0.25, 0.3) is 0 Å². The molecule has 1 aromatic carbocycles. The van der Waals surface area contributed by atoms with E-state index >= 15 is 0 Å². The first-order chi connectivity index (χ1) is 8.27. The molecule has 0 unspecified atom stereocenters. The summed E-state index contributed by atoms with van der Waals surface area (Å²) < 4.78 is 39.3. The third kappa shape index (κ3) is 2.40. The minimum atomic E-state index is -4.03. The van der Waals surface area contributed by atoms with E-state index in [1.54, 1.807) is 0 Å². The van der Waals surface area contributed by atoms with Crippen molar-refractivity contribution in [3.63, 3.8) is 0 Å². The fraction of sp³-hybridized carbons (Fsp3) is 0.300. The Hall–Kier alpha value is -0.990. The predicted molar refractivity (Wildman–Crippen MR) is 64.0 cm³/mol. The predicted octanol–water partition coefficient (Wildman–Crippen LogP) is 1.48. The molecule has 0 heterocycles. The van der Waals surface area contributed by atoms with Crippen LogP contribution in [0.25, 0.3) is 0 Å². The molecule has 2 N–H and O–H groups in total. The zero-order valence-corrected chi connectivity index (χ0v) is 11.4. The second-order valence-corrected chi connectivity index (χ2v) is 6.61. The highest BCUT2D eigenvalue weighted by Crippen LogP contribution is 2.37. The van der Waals surface area contributed by atoms with Crippen molar-refractivity contribution < 1.29 is 22.7 Å². The lowest BCUT2D eigenvalue weighted by Gasteiger charge is -2.13. The van der Waals surface area contributed by atoms with Crippen LogP contribution in [-0.2, 0) is 14.8 Å². The Morgan fingerprint density at radius 1 is 1.44 bits per heavy atom. The van der Waals surface area contributed by atoms with Crippen LogP contribution in [0, 0.1) is 5.82 Å². The van der Waals surface area contributed by atoms with Crippen molar-refractivity contribution in [2.45, 2.75) is 23.3 Å². The third-order valence-electron chi connectivity index (χ3n) is 2.69. The molecule has 18 heavy (non-hydrogen) atoms. The van der Waals surface area contributed by atoms with Gasteiger partial charge in [-0.2, -0.15) is 4.72 Å². The van der Waals surface area contributed by atoms with Crippen molar-refractivity contribution >= 4 is 31.9 Å². The second kappa shape index (κ2) is 4.29. The summed E-state index contributed by atoms with van der Waals surface area (Å²) in [4.78, 5) is 10.6. The number of hydrogen-bond acceptors (Lipinski definition) is 3. The molecule has 5 nitrogen and oxygen atoms in total. The Morgan fingerprint density at radius 2 is 2.06 bits per heavy atom. The SMILES string of the molecule is O=C(O)C1(NS(=O)(=O)c2ccc(Br)c(F)c2)CC1. The lowest BCUT2D eigenvalue weighted by atomic mass is 10.3. The molecule has 0 aliphatic heterocycles. The molecular formula is C10H9BrFNO4S. The van der Waals surface area contributed by atoms with E-state index in [1.165, 1.54) is 12.1 Å². The van der Waals surface area contributed by atoms with Crippen LogP contribution in [0.4, 0.5) is 4.39 Å². The Labute approximate surface area is 111 Å². The number of sulfonamides is 1. The molecule has 0 bridgehead atoms. The van der Waals surface area contributed by atoms with Crippen LogP contribution in [0.1, 0.15) is 12.8 Å². The standard InChI is InChI=1S/C10H9BrFNO4S/c11-7-2-1-6(5-8(7)12)18(16,17)13-10(3-4-10)9(14)15/h1-2,5,13H,3-4H2,(H,14,15). The van der Waals surface area contributed by atoms with Gasteiger partial charge in [-0.05, 0) is 47.0 Å². The number of halogens is 2. The quantitative estimate of drug-likeness (QED) is 0.871. The average molecular weight is 338 g/mol. The molecule has 1 aliphatic rings. The Kier molecular flexibility index (Phi) is 3.20. The highest BCUT2D eigenvalue weighted by atomic mass is 79.9. The molecule has 0 saturated heterocycles. The fourth-order valence-electron chi connectivity index (χ4n) is 1.44. The fourth-order valence-corrected chi connectivity index (χ4v) is 3.12. The summed E-state index contributed by atoms with van der Waals surface area (Å²) in [5, 5.41) is 8.90. The van der Waals surface area contributed by atoms with E-state index in [0.717, 1.165) is 6.07 Å². The minimum absolute atomic E-state index is 0.140. The van der Waals surface area contributed by atoms with Crippen LogP contribution in [0.5, 0.6) is 0 Å². The number of benzene rings is 1. The maximum atomic E-state index is 13.3. The maximum absolute atomic E-state index is 13.3. The first kappa shape index (κ1) is 13.4. The summed E-state index contributed by atoms with van der Waals surface area (Å²) in [6.07, 6.45) is 0.473. The minimum Gasteiger partial charge on any atom is -0.480 e. The zero-order chi connectivity index (χ0) is 13.6. The van der Waals surface area contributed by atoms with Crippen molar-refractivity contribution in [3.8, 4) is 0 Å². The van der Waals surface area contributed by atoms with Crippen LogP contribution >= 0.6 is 15.9 Å². The van der Waals surface area contributed by atoms with Crippen LogP contribution in [0.15, 0.2) is 27.6 Å². The van der Waals surface area contributed by atoms with Gasteiger partial charge in [-0.15, -0.1) is 0 Å². The number of carbonyl (C=O) groups is 1. The van der Waals surface area contributed by atoms with Crippen molar-refractivity contribution in [1.82, 2.24) is 4.72 Å². The van der Waals surface area contributed by atoms with Crippen molar-refractivity contribution in [2.24, 2.45) is 0 Å². The van der Waals surface area contributed by atoms with Crippen molar-refractivity contribution in [1.29, 1.82) is 0 Å². The molecule has 0 spiro atoms. The lowest BCUT2D eigenvalue weighted by molar-refractivity contribution is -0.140. The van der Waals surface area contributed by atoms with E-state index in [2.05, 4.69) is 20.7 Å². The molecule has 0 atom stereocenters. The van der Waals surface area contributed by atoms with Crippen LogP contribution in [0.3, 0.4) is 0 Å². The summed E-state index contributed by atoms with van der Waals surface area (Å²) in [6.45, 7) is 0. The number of carboxylic acids is 1. The summed E-state index contributed by atoms with van der Waals surface area (Å²) in [7, 11) is -4.03. The molecular weight excluding hydrogens is 329 g/mol. The van der Waals surface area contributed by atoms with E-state index in [4.69, 9.17) is 5.11 Å². The lowest BCUT2D eigenvalue weighted by Crippen LogP contribution is -2.42.